The number of ether oxygens (including phenoxy) is 1. The molecule has 0 saturated heterocycles. The number of halogens is 2. The summed E-state index contributed by atoms with van der Waals surface area (Å²) in [6.07, 6.45) is 1.29. The Hall–Kier alpha value is -2.83. The van der Waals surface area contributed by atoms with Crippen molar-refractivity contribution in [3.63, 3.8) is 0 Å². The maximum absolute atomic E-state index is 13.7. The maximum Gasteiger partial charge on any atom is 0.356 e. The number of benzene rings is 1. The van der Waals surface area contributed by atoms with E-state index in [2.05, 4.69) is 15.0 Å². The number of pyridine rings is 1. The lowest BCUT2D eigenvalue weighted by Gasteiger charge is -2.08. The van der Waals surface area contributed by atoms with Gasteiger partial charge >= 0.3 is 5.97 Å². The maximum atomic E-state index is 13.7. The lowest BCUT2D eigenvalue weighted by Crippen LogP contribution is -2.15. The summed E-state index contributed by atoms with van der Waals surface area (Å²) in [6, 6.07) is 4.44. The molecule has 1 aromatic heterocycles. The van der Waals surface area contributed by atoms with Gasteiger partial charge < -0.3 is 10.1 Å². The van der Waals surface area contributed by atoms with Crippen molar-refractivity contribution in [2.24, 2.45) is 0 Å². The Morgan fingerprint density at radius 1 is 1.18 bits per heavy atom. The Balaban J connectivity index is 2.26. The van der Waals surface area contributed by atoms with Crippen LogP contribution in [-0.4, -0.2) is 24.0 Å². The minimum Gasteiger partial charge on any atom is -0.464 e. The predicted octanol–water partition coefficient (Wildman–Crippen LogP) is 2.71. The lowest BCUT2D eigenvalue weighted by molar-refractivity contribution is 0.0594. The third-order valence-corrected chi connectivity index (χ3v) is 2.91. The van der Waals surface area contributed by atoms with E-state index >= 15 is 0 Å². The smallest absolute Gasteiger partial charge is 0.356 e. The number of amides is 1. The van der Waals surface area contributed by atoms with Crippen LogP contribution in [0.5, 0.6) is 0 Å². The van der Waals surface area contributed by atoms with Crippen LogP contribution < -0.4 is 5.32 Å². The predicted molar refractivity (Wildman–Crippen MR) is 74.6 cm³/mol. The Bertz CT molecular complexity index is 748. The zero-order valence-electron chi connectivity index (χ0n) is 11.8. The SMILES string of the molecule is COC(=O)c1cc(NC(=O)c2cc(F)c(C)cc2F)ccn1. The van der Waals surface area contributed by atoms with E-state index in [9.17, 15) is 18.4 Å². The molecule has 0 unspecified atom stereocenters. The molecule has 5 nitrogen and oxygen atoms in total. The van der Waals surface area contributed by atoms with Gasteiger partial charge in [0.05, 0.1) is 12.7 Å². The second-order valence-corrected chi connectivity index (χ2v) is 4.46. The molecule has 0 aliphatic heterocycles. The van der Waals surface area contributed by atoms with Crippen molar-refractivity contribution in [1.29, 1.82) is 0 Å². The summed E-state index contributed by atoms with van der Waals surface area (Å²) < 4.78 is 31.7. The Morgan fingerprint density at radius 3 is 2.59 bits per heavy atom. The van der Waals surface area contributed by atoms with Gasteiger partial charge in [0.25, 0.3) is 5.91 Å². The molecule has 1 heterocycles. The molecule has 1 N–H and O–H groups in total. The second-order valence-electron chi connectivity index (χ2n) is 4.46. The molecule has 1 amide bonds. The largest absolute Gasteiger partial charge is 0.464 e. The van der Waals surface area contributed by atoms with Crippen molar-refractivity contribution in [1.82, 2.24) is 4.98 Å². The van der Waals surface area contributed by atoms with Crippen molar-refractivity contribution in [2.75, 3.05) is 12.4 Å². The summed E-state index contributed by atoms with van der Waals surface area (Å²) in [6.45, 7) is 1.39. The van der Waals surface area contributed by atoms with Gasteiger partial charge in [-0.1, -0.05) is 0 Å². The minimum atomic E-state index is -0.835. The van der Waals surface area contributed by atoms with Gasteiger partial charge in [-0.05, 0) is 36.8 Å². The van der Waals surface area contributed by atoms with Gasteiger partial charge in [-0.3, -0.25) is 4.79 Å². The molecule has 0 spiro atoms. The number of carbonyl (C=O) groups excluding carboxylic acids is 2. The van der Waals surface area contributed by atoms with Crippen LogP contribution in [0.15, 0.2) is 30.5 Å². The van der Waals surface area contributed by atoms with E-state index in [4.69, 9.17) is 0 Å². The van der Waals surface area contributed by atoms with Crippen molar-refractivity contribution in [2.45, 2.75) is 6.92 Å². The first-order valence-electron chi connectivity index (χ1n) is 6.23. The van der Waals surface area contributed by atoms with Crippen LogP contribution in [0, 0.1) is 18.6 Å². The summed E-state index contributed by atoms with van der Waals surface area (Å²) in [7, 11) is 1.19. The van der Waals surface area contributed by atoms with E-state index in [1.807, 2.05) is 0 Å². The van der Waals surface area contributed by atoms with Gasteiger partial charge in [-0.25, -0.2) is 18.6 Å². The molecule has 2 rings (SSSR count). The summed E-state index contributed by atoms with van der Waals surface area (Å²) in [4.78, 5) is 27.1. The fraction of sp³-hybridized carbons (Fsp3) is 0.133. The molecule has 7 heteroatoms. The number of carbonyl (C=O) groups is 2. The number of rotatable bonds is 3. The highest BCUT2D eigenvalue weighted by Gasteiger charge is 2.16. The molecule has 0 aliphatic carbocycles. The Labute approximate surface area is 124 Å². The minimum absolute atomic E-state index is 0.0177. The number of aryl methyl sites for hydroxylation is 1. The van der Waals surface area contributed by atoms with Gasteiger partial charge in [0.2, 0.25) is 0 Å². The molecule has 114 valence electrons. The lowest BCUT2D eigenvalue weighted by atomic mass is 10.1. The number of hydrogen-bond acceptors (Lipinski definition) is 4. The van der Waals surface area contributed by atoms with Gasteiger partial charge in [0, 0.05) is 11.9 Å². The molecule has 0 atom stereocenters. The molecular formula is C15H12F2N2O3. The first kappa shape index (κ1) is 15.6. The summed E-state index contributed by atoms with van der Waals surface area (Å²) >= 11 is 0. The van der Waals surface area contributed by atoms with Crippen molar-refractivity contribution in [3.05, 3.63) is 58.9 Å². The first-order chi connectivity index (χ1) is 10.4. The zero-order valence-corrected chi connectivity index (χ0v) is 11.8. The summed E-state index contributed by atoms with van der Waals surface area (Å²) in [5.41, 5.74) is -0.137. The number of aromatic nitrogens is 1. The van der Waals surface area contributed by atoms with Crippen molar-refractivity contribution >= 4 is 17.6 Å². The molecule has 0 radical (unpaired) electrons. The van der Waals surface area contributed by atoms with Gasteiger partial charge in [-0.15, -0.1) is 0 Å². The number of methoxy groups -OCH3 is 1. The van der Waals surface area contributed by atoms with E-state index in [0.29, 0.717) is 0 Å². The second kappa shape index (κ2) is 6.30. The molecular weight excluding hydrogens is 294 g/mol. The van der Waals surface area contributed by atoms with Crippen LogP contribution in [0.3, 0.4) is 0 Å². The molecule has 2 aromatic rings. The van der Waals surface area contributed by atoms with Gasteiger partial charge in [0.15, 0.2) is 0 Å². The number of nitrogens with one attached hydrogen (secondary N) is 1. The third kappa shape index (κ3) is 3.25. The fourth-order valence-electron chi connectivity index (χ4n) is 1.74. The topological polar surface area (TPSA) is 68.3 Å². The highest BCUT2D eigenvalue weighted by molar-refractivity contribution is 6.04. The van der Waals surface area contributed by atoms with E-state index in [-0.39, 0.29) is 16.9 Å². The van der Waals surface area contributed by atoms with Crippen LogP contribution in [0.25, 0.3) is 0 Å². The van der Waals surface area contributed by atoms with Crippen LogP contribution in [0.4, 0.5) is 14.5 Å². The number of esters is 1. The van der Waals surface area contributed by atoms with Crippen molar-refractivity contribution in [3.8, 4) is 0 Å². The molecule has 0 fully saturated rings. The monoisotopic (exact) mass is 306 g/mol. The standard InChI is InChI=1S/C15H12F2N2O3/c1-8-5-12(17)10(7-11(8)16)14(20)19-9-3-4-18-13(6-9)15(21)22-2/h3-7H,1-2H3,(H,18,19,20). The average molecular weight is 306 g/mol. The highest BCUT2D eigenvalue weighted by Crippen LogP contribution is 2.16. The number of hydrogen-bond donors (Lipinski definition) is 1. The van der Waals surface area contributed by atoms with E-state index < -0.39 is 29.1 Å². The molecule has 22 heavy (non-hydrogen) atoms. The number of nitrogens with zero attached hydrogens (tertiary/aromatic N) is 1. The molecule has 0 bridgehead atoms. The van der Waals surface area contributed by atoms with Crippen LogP contribution in [0.1, 0.15) is 26.4 Å². The average Bonchev–Trinajstić information content (AvgIpc) is 2.50. The van der Waals surface area contributed by atoms with Crippen LogP contribution in [-0.2, 0) is 4.74 Å². The third-order valence-electron chi connectivity index (χ3n) is 2.91. The quantitative estimate of drug-likeness (QED) is 0.885. The zero-order chi connectivity index (χ0) is 16.3. The Kier molecular flexibility index (Phi) is 4.45. The molecule has 1 aromatic carbocycles. The van der Waals surface area contributed by atoms with E-state index in [1.165, 1.54) is 32.4 Å². The molecule has 0 aliphatic rings. The van der Waals surface area contributed by atoms with E-state index in [0.717, 1.165) is 12.1 Å². The summed E-state index contributed by atoms with van der Waals surface area (Å²) in [5.74, 6) is -3.03. The Morgan fingerprint density at radius 2 is 1.91 bits per heavy atom. The van der Waals surface area contributed by atoms with Gasteiger partial charge in [-0.2, -0.15) is 0 Å². The first-order valence-corrected chi connectivity index (χ1v) is 6.23. The van der Waals surface area contributed by atoms with Crippen molar-refractivity contribution < 1.29 is 23.1 Å². The number of anilines is 1. The highest BCUT2D eigenvalue weighted by atomic mass is 19.1. The molecule has 0 saturated carbocycles. The van der Waals surface area contributed by atoms with Crippen LogP contribution in [0.2, 0.25) is 0 Å². The van der Waals surface area contributed by atoms with Crippen LogP contribution >= 0.6 is 0 Å². The summed E-state index contributed by atoms with van der Waals surface area (Å²) in [5, 5.41) is 2.37. The van der Waals surface area contributed by atoms with E-state index in [1.54, 1.807) is 0 Å². The van der Waals surface area contributed by atoms with Gasteiger partial charge in [0.1, 0.15) is 17.3 Å². The fourth-order valence-corrected chi connectivity index (χ4v) is 1.74. The normalized spacial score (nSPS) is 10.2.